The van der Waals surface area contributed by atoms with Crippen LogP contribution in [0.5, 0.6) is 0 Å². The van der Waals surface area contributed by atoms with Crippen molar-refractivity contribution in [1.82, 2.24) is 10.5 Å². The molecule has 7 heteroatoms. The number of thioether (sulfide) groups is 1. The van der Waals surface area contributed by atoms with Crippen molar-refractivity contribution in [1.29, 1.82) is 0 Å². The van der Waals surface area contributed by atoms with Gasteiger partial charge in [0.25, 0.3) is 0 Å². The maximum atomic E-state index is 12.0. The average molecular weight is 346 g/mol. The van der Waals surface area contributed by atoms with E-state index in [0.717, 1.165) is 35.8 Å². The van der Waals surface area contributed by atoms with Crippen LogP contribution in [0.4, 0.5) is 16.2 Å². The number of carbonyl (C=O) groups is 1. The first-order valence-electron chi connectivity index (χ1n) is 8.03. The summed E-state index contributed by atoms with van der Waals surface area (Å²) in [6, 6.07) is 7.75. The second-order valence-corrected chi connectivity index (χ2v) is 6.98. The number of rotatable bonds is 4. The van der Waals surface area contributed by atoms with Gasteiger partial charge < -0.3 is 20.1 Å². The van der Waals surface area contributed by atoms with Crippen LogP contribution >= 0.6 is 11.8 Å². The number of nitrogens with zero attached hydrogens (tertiary/aromatic N) is 2. The van der Waals surface area contributed by atoms with Crippen molar-refractivity contribution in [3.8, 4) is 0 Å². The minimum Gasteiger partial charge on any atom is -0.370 e. The van der Waals surface area contributed by atoms with Crippen molar-refractivity contribution in [3.63, 3.8) is 0 Å². The molecule has 2 N–H and O–H groups in total. The summed E-state index contributed by atoms with van der Waals surface area (Å²) in [7, 11) is 0. The minimum atomic E-state index is -0.239. The fourth-order valence-electron chi connectivity index (χ4n) is 2.68. The summed E-state index contributed by atoms with van der Waals surface area (Å²) in [6.45, 7) is 6.26. The molecule has 0 bridgehead atoms. The third kappa shape index (κ3) is 4.03. The first-order chi connectivity index (χ1) is 11.6. The van der Waals surface area contributed by atoms with Crippen molar-refractivity contribution in [2.45, 2.75) is 20.4 Å². The number of amides is 2. The van der Waals surface area contributed by atoms with Crippen molar-refractivity contribution in [3.05, 3.63) is 41.3 Å². The second-order valence-electron chi connectivity index (χ2n) is 5.76. The predicted octanol–water partition coefficient (Wildman–Crippen LogP) is 3.17. The summed E-state index contributed by atoms with van der Waals surface area (Å²) < 4.78 is 5.09. The highest BCUT2D eigenvalue weighted by Crippen LogP contribution is 2.21. The molecule has 1 aliphatic rings. The lowest BCUT2D eigenvalue weighted by molar-refractivity contribution is 0.251. The topological polar surface area (TPSA) is 70.4 Å². The number of nitrogens with one attached hydrogen (secondary N) is 2. The van der Waals surface area contributed by atoms with Gasteiger partial charge >= 0.3 is 6.03 Å². The molecule has 6 nitrogen and oxygen atoms in total. The highest BCUT2D eigenvalue weighted by atomic mass is 32.2. The quantitative estimate of drug-likeness (QED) is 0.890. The van der Waals surface area contributed by atoms with E-state index in [4.69, 9.17) is 4.52 Å². The molecule has 1 fully saturated rings. The Hall–Kier alpha value is -2.15. The van der Waals surface area contributed by atoms with Gasteiger partial charge in [0, 0.05) is 48.1 Å². The van der Waals surface area contributed by atoms with Crippen LogP contribution in [0.25, 0.3) is 0 Å². The number of aryl methyl sites for hydroxylation is 2. The first-order valence-corrected chi connectivity index (χ1v) is 9.18. The summed E-state index contributed by atoms with van der Waals surface area (Å²) in [5.74, 6) is 3.07. The molecule has 2 amide bonds. The zero-order chi connectivity index (χ0) is 16.9. The highest BCUT2D eigenvalue weighted by Gasteiger charge is 2.12. The standard InChI is InChI=1S/C17H22N4O2S/c1-12-16(13(2)23-20-12)11-18-17(22)19-14-3-5-15(6-4-14)21-7-9-24-10-8-21/h3-6H,7-11H2,1-2H3,(H2,18,19,22). The van der Waals surface area contributed by atoms with Gasteiger partial charge in [0.1, 0.15) is 5.76 Å². The Balaban J connectivity index is 1.52. The molecule has 2 heterocycles. The van der Waals surface area contributed by atoms with Gasteiger partial charge in [-0.15, -0.1) is 0 Å². The van der Waals surface area contributed by atoms with E-state index in [1.54, 1.807) is 0 Å². The number of carbonyl (C=O) groups excluding carboxylic acids is 1. The predicted molar refractivity (Wildman–Crippen MR) is 97.8 cm³/mol. The number of hydrogen-bond acceptors (Lipinski definition) is 5. The summed E-state index contributed by atoms with van der Waals surface area (Å²) in [6.07, 6.45) is 0. The second kappa shape index (κ2) is 7.61. The lowest BCUT2D eigenvalue weighted by Crippen LogP contribution is -2.32. The van der Waals surface area contributed by atoms with Gasteiger partial charge in [0.2, 0.25) is 0 Å². The summed E-state index contributed by atoms with van der Waals surface area (Å²) in [5.41, 5.74) is 3.71. The Morgan fingerprint density at radius 3 is 2.58 bits per heavy atom. The molecule has 0 unspecified atom stereocenters. The van der Waals surface area contributed by atoms with Crippen molar-refractivity contribution in [2.24, 2.45) is 0 Å². The Labute approximate surface area is 146 Å². The fourth-order valence-corrected chi connectivity index (χ4v) is 3.58. The molecule has 1 aromatic carbocycles. The summed E-state index contributed by atoms with van der Waals surface area (Å²) >= 11 is 1.99. The minimum absolute atomic E-state index is 0.239. The lowest BCUT2D eigenvalue weighted by atomic mass is 10.2. The van der Waals surface area contributed by atoms with Crippen LogP contribution < -0.4 is 15.5 Å². The van der Waals surface area contributed by atoms with Gasteiger partial charge in [-0.3, -0.25) is 0 Å². The van der Waals surface area contributed by atoms with E-state index in [2.05, 4.69) is 32.8 Å². The van der Waals surface area contributed by atoms with Crippen LogP contribution in [0.1, 0.15) is 17.0 Å². The zero-order valence-corrected chi connectivity index (χ0v) is 14.8. The molecule has 0 saturated carbocycles. The monoisotopic (exact) mass is 346 g/mol. The maximum Gasteiger partial charge on any atom is 0.319 e. The van der Waals surface area contributed by atoms with Crippen LogP contribution in [0.3, 0.4) is 0 Å². The van der Waals surface area contributed by atoms with E-state index >= 15 is 0 Å². The number of aromatic nitrogens is 1. The van der Waals surface area contributed by atoms with Crippen LogP contribution in [0, 0.1) is 13.8 Å². The van der Waals surface area contributed by atoms with E-state index in [1.807, 2.05) is 37.7 Å². The van der Waals surface area contributed by atoms with Gasteiger partial charge in [0.05, 0.1) is 5.69 Å². The molecule has 0 radical (unpaired) electrons. The van der Waals surface area contributed by atoms with Crippen molar-refractivity contribution in [2.75, 3.05) is 34.8 Å². The Morgan fingerprint density at radius 1 is 1.25 bits per heavy atom. The summed E-state index contributed by atoms with van der Waals surface area (Å²) in [4.78, 5) is 14.4. The largest absolute Gasteiger partial charge is 0.370 e. The molecule has 1 aromatic heterocycles. The van der Waals surface area contributed by atoms with Crippen LogP contribution in [0.2, 0.25) is 0 Å². The van der Waals surface area contributed by atoms with Crippen molar-refractivity contribution < 1.29 is 9.32 Å². The van der Waals surface area contributed by atoms with E-state index in [1.165, 1.54) is 17.2 Å². The Bertz CT molecular complexity index is 674. The van der Waals surface area contributed by atoms with Crippen LogP contribution in [0.15, 0.2) is 28.8 Å². The third-order valence-electron chi connectivity index (χ3n) is 4.11. The van der Waals surface area contributed by atoms with Gasteiger partial charge in [-0.05, 0) is 38.1 Å². The van der Waals surface area contributed by atoms with E-state index in [-0.39, 0.29) is 6.03 Å². The molecule has 3 rings (SSSR count). The SMILES string of the molecule is Cc1noc(C)c1CNC(=O)Nc1ccc(N2CCSCC2)cc1. The number of hydrogen-bond donors (Lipinski definition) is 2. The van der Waals surface area contributed by atoms with Gasteiger partial charge in [-0.25, -0.2) is 4.79 Å². The Morgan fingerprint density at radius 2 is 1.96 bits per heavy atom. The highest BCUT2D eigenvalue weighted by molar-refractivity contribution is 7.99. The lowest BCUT2D eigenvalue weighted by Gasteiger charge is -2.28. The molecule has 0 aliphatic carbocycles. The molecule has 128 valence electrons. The zero-order valence-electron chi connectivity index (χ0n) is 14.0. The smallest absolute Gasteiger partial charge is 0.319 e. The molecule has 0 atom stereocenters. The molecule has 0 spiro atoms. The van der Waals surface area contributed by atoms with Crippen LogP contribution in [-0.2, 0) is 6.54 Å². The van der Waals surface area contributed by atoms with Crippen LogP contribution in [-0.4, -0.2) is 35.8 Å². The van der Waals surface area contributed by atoms with E-state index in [0.29, 0.717) is 6.54 Å². The van der Waals surface area contributed by atoms with E-state index < -0.39 is 0 Å². The molecule has 2 aromatic rings. The molecular formula is C17H22N4O2S. The molecule has 1 saturated heterocycles. The van der Waals surface area contributed by atoms with Gasteiger partial charge in [-0.1, -0.05) is 5.16 Å². The number of urea groups is 1. The fraction of sp³-hybridized carbons (Fsp3) is 0.412. The first kappa shape index (κ1) is 16.7. The Kier molecular flexibility index (Phi) is 5.30. The molecular weight excluding hydrogens is 324 g/mol. The van der Waals surface area contributed by atoms with Gasteiger partial charge in [-0.2, -0.15) is 11.8 Å². The van der Waals surface area contributed by atoms with E-state index in [9.17, 15) is 4.79 Å². The molecule has 1 aliphatic heterocycles. The number of benzene rings is 1. The maximum absolute atomic E-state index is 12.0. The van der Waals surface area contributed by atoms with Crippen molar-refractivity contribution >= 4 is 29.2 Å². The normalized spacial score (nSPS) is 14.5. The third-order valence-corrected chi connectivity index (χ3v) is 5.05. The number of anilines is 2. The van der Waals surface area contributed by atoms with Gasteiger partial charge in [0.15, 0.2) is 0 Å². The average Bonchev–Trinajstić information content (AvgIpc) is 2.93. The summed E-state index contributed by atoms with van der Waals surface area (Å²) in [5, 5.41) is 9.56. The molecule has 24 heavy (non-hydrogen) atoms.